The molecule has 0 bridgehead atoms. The van der Waals surface area contributed by atoms with Crippen LogP contribution in [-0.2, 0) is 0 Å². The van der Waals surface area contributed by atoms with Crippen LogP contribution in [0.4, 0.5) is 0 Å². The lowest BCUT2D eigenvalue weighted by Crippen LogP contribution is -2.15. The maximum atomic E-state index is 11.9. The number of nitrogens with one attached hydrogen (secondary N) is 1. The van der Waals surface area contributed by atoms with Gasteiger partial charge in [0, 0.05) is 5.56 Å². The topological polar surface area (TPSA) is 50.7 Å². The summed E-state index contributed by atoms with van der Waals surface area (Å²) in [6.07, 6.45) is 0. The molecule has 0 saturated heterocycles. The molecule has 0 spiro atoms. The summed E-state index contributed by atoms with van der Waals surface area (Å²) in [5.41, 5.74) is 1.12. The molecule has 2 aromatic carbocycles. The van der Waals surface area contributed by atoms with Crippen LogP contribution in [0.5, 0.6) is 0 Å². The maximum absolute atomic E-state index is 11.9. The molecule has 3 rings (SSSR count). The summed E-state index contributed by atoms with van der Waals surface area (Å²) in [5.74, 6) is 0.458. The van der Waals surface area contributed by atoms with E-state index in [1.54, 1.807) is 6.07 Å². The van der Waals surface area contributed by atoms with Gasteiger partial charge in [0.15, 0.2) is 5.82 Å². The third kappa shape index (κ3) is 2.18. The lowest BCUT2D eigenvalue weighted by Gasteiger charge is -1.99. The smallest absolute Gasteiger partial charge is 0.288 e. The molecule has 0 amide bonds. The van der Waals surface area contributed by atoms with Gasteiger partial charge in [0.05, 0.1) is 10.7 Å². The van der Waals surface area contributed by atoms with Crippen LogP contribution in [0.15, 0.2) is 59.4 Å². The number of nitrogens with zero attached hydrogens (tertiary/aromatic N) is 2. The molecule has 1 aromatic heterocycles. The SMILES string of the molecule is O=c1[nH]c(-c2ccccc2Cl)nn1-c1ccccc1. The first-order valence-electron chi connectivity index (χ1n) is 5.75. The molecule has 3 aromatic rings. The summed E-state index contributed by atoms with van der Waals surface area (Å²) in [6.45, 7) is 0. The number of aromatic nitrogens is 3. The number of hydrogen-bond acceptors (Lipinski definition) is 2. The monoisotopic (exact) mass is 271 g/mol. The highest BCUT2D eigenvalue weighted by Crippen LogP contribution is 2.23. The zero-order valence-electron chi connectivity index (χ0n) is 9.88. The van der Waals surface area contributed by atoms with Gasteiger partial charge in [0.2, 0.25) is 0 Å². The highest BCUT2D eigenvalue weighted by molar-refractivity contribution is 6.33. The lowest BCUT2D eigenvalue weighted by molar-refractivity contribution is 0.845. The molecule has 0 unspecified atom stereocenters. The maximum Gasteiger partial charge on any atom is 0.348 e. The quantitative estimate of drug-likeness (QED) is 0.779. The van der Waals surface area contributed by atoms with E-state index in [0.717, 1.165) is 0 Å². The average Bonchev–Trinajstić information content (AvgIpc) is 2.82. The molecule has 1 heterocycles. The van der Waals surface area contributed by atoms with Crippen molar-refractivity contribution < 1.29 is 0 Å². The van der Waals surface area contributed by atoms with E-state index in [1.807, 2.05) is 48.5 Å². The number of para-hydroxylation sites is 1. The molecule has 0 fully saturated rings. The number of halogens is 1. The average molecular weight is 272 g/mol. The van der Waals surface area contributed by atoms with Crippen LogP contribution in [0.25, 0.3) is 17.1 Å². The summed E-state index contributed by atoms with van der Waals surface area (Å²) >= 11 is 6.10. The van der Waals surface area contributed by atoms with E-state index in [0.29, 0.717) is 22.1 Å². The van der Waals surface area contributed by atoms with Crippen LogP contribution in [-0.4, -0.2) is 14.8 Å². The van der Waals surface area contributed by atoms with Gasteiger partial charge in [-0.1, -0.05) is 41.9 Å². The van der Waals surface area contributed by atoms with Crippen LogP contribution < -0.4 is 5.69 Å². The highest BCUT2D eigenvalue weighted by atomic mass is 35.5. The molecule has 19 heavy (non-hydrogen) atoms. The number of benzene rings is 2. The molecule has 1 N–H and O–H groups in total. The van der Waals surface area contributed by atoms with E-state index in [9.17, 15) is 4.79 Å². The Morgan fingerprint density at radius 2 is 1.68 bits per heavy atom. The van der Waals surface area contributed by atoms with Crippen molar-refractivity contribution in [3.8, 4) is 17.1 Å². The Balaban J connectivity index is 2.13. The normalized spacial score (nSPS) is 10.6. The van der Waals surface area contributed by atoms with Crippen molar-refractivity contribution in [3.63, 3.8) is 0 Å². The fourth-order valence-corrected chi connectivity index (χ4v) is 2.07. The molecule has 4 nitrogen and oxygen atoms in total. The number of H-pyrrole nitrogens is 1. The van der Waals surface area contributed by atoms with Gasteiger partial charge in [-0.15, -0.1) is 5.10 Å². The predicted molar refractivity (Wildman–Crippen MR) is 74.6 cm³/mol. The minimum Gasteiger partial charge on any atom is -0.288 e. The molecular formula is C14H10ClN3O. The molecular weight excluding hydrogens is 262 g/mol. The first-order valence-corrected chi connectivity index (χ1v) is 6.13. The minimum absolute atomic E-state index is 0.291. The minimum atomic E-state index is -0.291. The predicted octanol–water partition coefficient (Wildman–Crippen LogP) is 2.88. The van der Waals surface area contributed by atoms with Crippen molar-refractivity contribution in [2.45, 2.75) is 0 Å². The zero-order valence-corrected chi connectivity index (χ0v) is 10.6. The molecule has 5 heteroatoms. The van der Waals surface area contributed by atoms with Crippen molar-refractivity contribution in [1.29, 1.82) is 0 Å². The van der Waals surface area contributed by atoms with Gasteiger partial charge < -0.3 is 0 Å². The van der Waals surface area contributed by atoms with Crippen LogP contribution in [0.2, 0.25) is 5.02 Å². The molecule has 94 valence electrons. The fraction of sp³-hybridized carbons (Fsp3) is 0. The highest BCUT2D eigenvalue weighted by Gasteiger charge is 2.10. The molecule has 0 radical (unpaired) electrons. The van der Waals surface area contributed by atoms with E-state index < -0.39 is 0 Å². The van der Waals surface area contributed by atoms with Crippen molar-refractivity contribution in [3.05, 3.63) is 70.1 Å². The Hall–Kier alpha value is -2.33. The van der Waals surface area contributed by atoms with Crippen LogP contribution in [0.1, 0.15) is 0 Å². The fourth-order valence-electron chi connectivity index (χ4n) is 1.84. The first kappa shape index (κ1) is 11.7. The van der Waals surface area contributed by atoms with Gasteiger partial charge in [-0.2, -0.15) is 4.68 Å². The van der Waals surface area contributed by atoms with Gasteiger partial charge in [0.1, 0.15) is 0 Å². The first-order chi connectivity index (χ1) is 9.25. The number of aromatic amines is 1. The summed E-state index contributed by atoms with van der Waals surface area (Å²) in [7, 11) is 0. The number of hydrogen-bond donors (Lipinski definition) is 1. The molecule has 0 atom stereocenters. The van der Waals surface area contributed by atoms with Gasteiger partial charge in [-0.25, -0.2) is 4.79 Å². The molecule has 0 aliphatic heterocycles. The van der Waals surface area contributed by atoms with Crippen LogP contribution >= 0.6 is 11.6 Å². The van der Waals surface area contributed by atoms with E-state index >= 15 is 0 Å². The Morgan fingerprint density at radius 3 is 2.42 bits per heavy atom. The number of rotatable bonds is 2. The third-order valence-electron chi connectivity index (χ3n) is 2.75. The van der Waals surface area contributed by atoms with Gasteiger partial charge in [-0.05, 0) is 24.3 Å². The van der Waals surface area contributed by atoms with Gasteiger partial charge >= 0.3 is 5.69 Å². The molecule has 0 saturated carbocycles. The van der Waals surface area contributed by atoms with E-state index in [-0.39, 0.29) is 5.69 Å². The Labute approximate surface area is 114 Å². The Kier molecular flexibility index (Phi) is 2.93. The van der Waals surface area contributed by atoms with Crippen molar-refractivity contribution in [1.82, 2.24) is 14.8 Å². The van der Waals surface area contributed by atoms with Crippen LogP contribution in [0.3, 0.4) is 0 Å². The van der Waals surface area contributed by atoms with E-state index in [1.165, 1.54) is 4.68 Å². The standard InChI is InChI=1S/C14H10ClN3O/c15-12-9-5-4-8-11(12)13-16-14(19)18(17-13)10-6-2-1-3-7-10/h1-9H,(H,16,17,19). The zero-order chi connectivity index (χ0) is 13.2. The van der Waals surface area contributed by atoms with E-state index in [2.05, 4.69) is 10.1 Å². The summed E-state index contributed by atoms with van der Waals surface area (Å²) in [4.78, 5) is 14.6. The second kappa shape index (κ2) is 4.74. The van der Waals surface area contributed by atoms with E-state index in [4.69, 9.17) is 11.6 Å². The van der Waals surface area contributed by atoms with Crippen molar-refractivity contribution in [2.24, 2.45) is 0 Å². The Morgan fingerprint density at radius 1 is 1.00 bits per heavy atom. The van der Waals surface area contributed by atoms with Crippen molar-refractivity contribution in [2.75, 3.05) is 0 Å². The lowest BCUT2D eigenvalue weighted by atomic mass is 10.2. The van der Waals surface area contributed by atoms with Gasteiger partial charge in [0.25, 0.3) is 0 Å². The summed E-state index contributed by atoms with van der Waals surface area (Å²) < 4.78 is 1.32. The second-order valence-electron chi connectivity index (χ2n) is 4.01. The molecule has 0 aliphatic rings. The van der Waals surface area contributed by atoms with Crippen LogP contribution in [0, 0.1) is 0 Å². The Bertz CT molecular complexity index is 762. The largest absolute Gasteiger partial charge is 0.348 e. The second-order valence-corrected chi connectivity index (χ2v) is 4.41. The van der Waals surface area contributed by atoms with Crippen molar-refractivity contribution >= 4 is 11.6 Å². The third-order valence-corrected chi connectivity index (χ3v) is 3.08. The molecule has 0 aliphatic carbocycles. The summed E-state index contributed by atoms with van der Waals surface area (Å²) in [5, 5.41) is 4.83. The summed E-state index contributed by atoms with van der Waals surface area (Å²) in [6, 6.07) is 16.5. The van der Waals surface area contributed by atoms with Gasteiger partial charge in [-0.3, -0.25) is 4.98 Å².